The van der Waals surface area contributed by atoms with E-state index in [1.54, 1.807) is 10.4 Å². The molecule has 0 amide bonds. The lowest BCUT2D eigenvalue weighted by Crippen LogP contribution is -2.40. The predicted octanol–water partition coefficient (Wildman–Crippen LogP) is 3.20. The number of nitrogens with zero attached hydrogens (tertiary/aromatic N) is 1. The molecule has 2 nitrogen and oxygen atoms in total. The summed E-state index contributed by atoms with van der Waals surface area (Å²) < 4.78 is 0. The third kappa shape index (κ3) is 2.79. The zero-order chi connectivity index (χ0) is 12.4. The van der Waals surface area contributed by atoms with Gasteiger partial charge in [0.15, 0.2) is 0 Å². The molecule has 1 fully saturated rings. The van der Waals surface area contributed by atoms with Gasteiger partial charge in [0, 0.05) is 23.5 Å². The van der Waals surface area contributed by atoms with Crippen LogP contribution in [-0.2, 0) is 6.42 Å². The summed E-state index contributed by atoms with van der Waals surface area (Å²) in [6, 6.07) is 3.55. The van der Waals surface area contributed by atoms with Gasteiger partial charge in [-0.3, -0.25) is 0 Å². The summed E-state index contributed by atoms with van der Waals surface area (Å²) in [7, 11) is 0. The van der Waals surface area contributed by atoms with Gasteiger partial charge in [-0.05, 0) is 69.1 Å². The van der Waals surface area contributed by atoms with Crippen molar-refractivity contribution < 1.29 is 0 Å². The number of thiophene rings is 1. The molecule has 0 radical (unpaired) electrons. The second-order valence-corrected chi connectivity index (χ2v) is 6.82. The van der Waals surface area contributed by atoms with E-state index in [9.17, 15) is 0 Å². The van der Waals surface area contributed by atoms with Crippen molar-refractivity contribution in [3.8, 4) is 0 Å². The van der Waals surface area contributed by atoms with E-state index in [0.29, 0.717) is 12.1 Å². The van der Waals surface area contributed by atoms with Gasteiger partial charge in [-0.15, -0.1) is 11.3 Å². The van der Waals surface area contributed by atoms with E-state index in [0.717, 1.165) is 0 Å². The maximum absolute atomic E-state index is 3.85. The highest BCUT2D eigenvalue weighted by molar-refractivity contribution is 7.10. The molecule has 2 aliphatic rings. The van der Waals surface area contributed by atoms with Crippen molar-refractivity contribution in [1.29, 1.82) is 0 Å². The largest absolute Gasteiger partial charge is 0.306 e. The minimum Gasteiger partial charge on any atom is -0.306 e. The summed E-state index contributed by atoms with van der Waals surface area (Å²) in [6.45, 7) is 6.18. The van der Waals surface area contributed by atoms with E-state index in [4.69, 9.17) is 0 Å². The highest BCUT2D eigenvalue weighted by Crippen LogP contribution is 2.33. The Morgan fingerprint density at radius 2 is 2.22 bits per heavy atom. The van der Waals surface area contributed by atoms with Crippen LogP contribution in [0.2, 0.25) is 0 Å². The number of fused-ring (bicyclic) bond motifs is 1. The minimum absolute atomic E-state index is 0.609. The van der Waals surface area contributed by atoms with Crippen LogP contribution in [0.25, 0.3) is 0 Å². The number of nitrogens with one attached hydrogen (secondary N) is 1. The molecule has 1 aromatic rings. The summed E-state index contributed by atoms with van der Waals surface area (Å²) in [5, 5.41) is 6.11. The van der Waals surface area contributed by atoms with Gasteiger partial charge < -0.3 is 10.2 Å². The molecule has 3 rings (SSSR count). The molecule has 2 heterocycles. The number of aryl methyl sites for hydroxylation is 1. The monoisotopic (exact) mass is 264 g/mol. The van der Waals surface area contributed by atoms with Crippen molar-refractivity contribution in [3.63, 3.8) is 0 Å². The van der Waals surface area contributed by atoms with E-state index in [1.807, 2.05) is 11.3 Å². The molecule has 2 unspecified atom stereocenters. The Kier molecular flexibility index (Phi) is 4.02. The molecule has 1 aliphatic heterocycles. The van der Waals surface area contributed by atoms with Crippen LogP contribution < -0.4 is 5.32 Å². The zero-order valence-corrected chi connectivity index (χ0v) is 12.1. The second-order valence-electron chi connectivity index (χ2n) is 5.82. The summed E-state index contributed by atoms with van der Waals surface area (Å²) in [5.74, 6) is 0. The fourth-order valence-electron chi connectivity index (χ4n) is 3.41. The Balaban J connectivity index is 1.56. The molecule has 18 heavy (non-hydrogen) atoms. The van der Waals surface area contributed by atoms with Gasteiger partial charge in [0.05, 0.1) is 0 Å². The third-order valence-electron chi connectivity index (χ3n) is 4.27. The van der Waals surface area contributed by atoms with E-state index >= 15 is 0 Å². The molecule has 100 valence electrons. The van der Waals surface area contributed by atoms with Gasteiger partial charge in [-0.1, -0.05) is 0 Å². The lowest BCUT2D eigenvalue weighted by atomic mass is 9.93. The Labute approximate surface area is 114 Å². The lowest BCUT2D eigenvalue weighted by Gasteiger charge is -2.29. The first-order chi connectivity index (χ1) is 8.83. The topological polar surface area (TPSA) is 15.3 Å². The third-order valence-corrected chi connectivity index (χ3v) is 5.26. The minimum atomic E-state index is 0.609. The molecule has 0 saturated carbocycles. The molecule has 1 saturated heterocycles. The van der Waals surface area contributed by atoms with Crippen molar-refractivity contribution >= 4 is 11.3 Å². The van der Waals surface area contributed by atoms with E-state index in [2.05, 4.69) is 28.6 Å². The van der Waals surface area contributed by atoms with Crippen LogP contribution in [0.3, 0.4) is 0 Å². The van der Waals surface area contributed by atoms with Crippen molar-refractivity contribution in [3.05, 3.63) is 21.9 Å². The fraction of sp³-hybridized carbons (Fsp3) is 0.733. The lowest BCUT2D eigenvalue weighted by molar-refractivity contribution is 0.280. The number of rotatable bonds is 4. The van der Waals surface area contributed by atoms with Crippen LogP contribution in [0.1, 0.15) is 49.1 Å². The Bertz CT molecular complexity index is 382. The summed E-state index contributed by atoms with van der Waals surface area (Å²) in [4.78, 5) is 4.22. The highest BCUT2D eigenvalue weighted by atomic mass is 32.1. The molecule has 0 bridgehead atoms. The van der Waals surface area contributed by atoms with Gasteiger partial charge in [0.2, 0.25) is 0 Å². The van der Waals surface area contributed by atoms with Crippen LogP contribution in [-0.4, -0.2) is 30.6 Å². The molecule has 1 aromatic heterocycles. The SMILES string of the molecule is CC(CN1CCCC1)NC1CCCc2sccc21. The molecular formula is C15H24N2S. The number of hydrogen-bond donors (Lipinski definition) is 1. The quantitative estimate of drug-likeness (QED) is 0.898. The van der Waals surface area contributed by atoms with Crippen LogP contribution in [0.5, 0.6) is 0 Å². The average Bonchev–Trinajstić information content (AvgIpc) is 2.99. The standard InChI is InChI=1S/C15H24N2S/c1-12(11-17-8-2-3-9-17)16-14-5-4-6-15-13(14)7-10-18-15/h7,10,12,14,16H,2-6,8-9,11H2,1H3. The van der Waals surface area contributed by atoms with Crippen molar-refractivity contribution in [2.75, 3.05) is 19.6 Å². The summed E-state index contributed by atoms with van der Waals surface area (Å²) in [6.07, 6.45) is 6.75. The van der Waals surface area contributed by atoms with Crippen LogP contribution in [0, 0.1) is 0 Å². The molecule has 1 aliphatic carbocycles. The first-order valence-electron chi connectivity index (χ1n) is 7.37. The van der Waals surface area contributed by atoms with Crippen molar-refractivity contribution in [2.45, 2.75) is 51.1 Å². The van der Waals surface area contributed by atoms with Gasteiger partial charge in [-0.25, -0.2) is 0 Å². The molecule has 2 atom stereocenters. The van der Waals surface area contributed by atoms with Crippen molar-refractivity contribution in [1.82, 2.24) is 10.2 Å². The van der Waals surface area contributed by atoms with Gasteiger partial charge in [0.25, 0.3) is 0 Å². The maximum atomic E-state index is 3.85. The first kappa shape index (κ1) is 12.6. The molecular weight excluding hydrogens is 240 g/mol. The van der Waals surface area contributed by atoms with Gasteiger partial charge >= 0.3 is 0 Å². The average molecular weight is 264 g/mol. The highest BCUT2D eigenvalue weighted by Gasteiger charge is 2.23. The predicted molar refractivity (Wildman–Crippen MR) is 78.3 cm³/mol. The second kappa shape index (κ2) is 5.72. The summed E-state index contributed by atoms with van der Waals surface area (Å²) in [5.41, 5.74) is 1.58. The van der Waals surface area contributed by atoms with Crippen molar-refractivity contribution in [2.24, 2.45) is 0 Å². The Hall–Kier alpha value is -0.380. The molecule has 0 spiro atoms. The first-order valence-corrected chi connectivity index (χ1v) is 8.25. The van der Waals surface area contributed by atoms with Gasteiger partial charge in [-0.2, -0.15) is 0 Å². The normalized spacial score (nSPS) is 26.2. The zero-order valence-electron chi connectivity index (χ0n) is 11.3. The van der Waals surface area contributed by atoms with Crippen LogP contribution >= 0.6 is 11.3 Å². The maximum Gasteiger partial charge on any atom is 0.0334 e. The Morgan fingerprint density at radius 3 is 3.06 bits per heavy atom. The van der Waals surface area contributed by atoms with Crippen LogP contribution in [0.15, 0.2) is 11.4 Å². The molecule has 1 N–H and O–H groups in total. The fourth-order valence-corrected chi connectivity index (χ4v) is 4.40. The van der Waals surface area contributed by atoms with E-state index in [-0.39, 0.29) is 0 Å². The molecule has 3 heteroatoms. The van der Waals surface area contributed by atoms with Crippen LogP contribution in [0.4, 0.5) is 0 Å². The summed E-state index contributed by atoms with van der Waals surface area (Å²) >= 11 is 1.94. The number of hydrogen-bond acceptors (Lipinski definition) is 3. The molecule has 0 aromatic carbocycles. The van der Waals surface area contributed by atoms with E-state index < -0.39 is 0 Å². The number of likely N-dealkylation sites (tertiary alicyclic amines) is 1. The van der Waals surface area contributed by atoms with Gasteiger partial charge in [0.1, 0.15) is 0 Å². The van der Waals surface area contributed by atoms with E-state index in [1.165, 1.54) is 51.7 Å². The Morgan fingerprint density at radius 1 is 1.39 bits per heavy atom. The smallest absolute Gasteiger partial charge is 0.0334 e.